The molecule has 0 bridgehead atoms. The molecule has 2 aromatic rings. The van der Waals surface area contributed by atoms with Crippen molar-refractivity contribution < 1.29 is 4.79 Å². The Labute approximate surface area is 176 Å². The van der Waals surface area contributed by atoms with Gasteiger partial charge in [0.05, 0.1) is 0 Å². The second-order valence-corrected chi connectivity index (χ2v) is 8.20. The summed E-state index contributed by atoms with van der Waals surface area (Å²) in [7, 11) is 0. The van der Waals surface area contributed by atoms with E-state index in [0.29, 0.717) is 11.5 Å². The molecular weight excluding hydrogens is 376 g/mol. The molecule has 1 fully saturated rings. The first-order valence-corrected chi connectivity index (χ1v) is 10.4. The number of carbonyl (C=O) groups excluding carboxylic acids is 1. The Bertz CT molecular complexity index is 1020. The predicted octanol–water partition coefficient (Wildman–Crippen LogP) is 3.67. The smallest absolute Gasteiger partial charge is 0.255 e. The van der Waals surface area contributed by atoms with E-state index in [0.717, 1.165) is 48.2 Å². The Hall–Kier alpha value is -3.35. The Morgan fingerprint density at radius 1 is 1.03 bits per heavy atom. The third kappa shape index (κ3) is 3.87. The number of hydrogen-bond donors (Lipinski definition) is 3. The monoisotopic (exact) mass is 404 g/mol. The Kier molecular flexibility index (Phi) is 5.20. The SMILES string of the molecule is Cc1cc(C)cc(NC(=O)c2cccc(N3C(N)=NC(N)=NC34CCCCC4)c2)c1. The minimum Gasteiger partial charge on any atom is -0.369 e. The molecular formula is C23H28N6O. The van der Waals surface area contributed by atoms with Crippen LogP contribution in [0.1, 0.15) is 53.6 Å². The minimum atomic E-state index is -0.531. The fourth-order valence-electron chi connectivity index (χ4n) is 4.53. The molecule has 7 nitrogen and oxygen atoms in total. The number of hydrogen-bond acceptors (Lipinski definition) is 6. The van der Waals surface area contributed by atoms with Crippen molar-refractivity contribution in [3.05, 3.63) is 59.2 Å². The fourth-order valence-corrected chi connectivity index (χ4v) is 4.53. The highest BCUT2D eigenvalue weighted by Gasteiger charge is 2.42. The van der Waals surface area contributed by atoms with Crippen LogP contribution in [-0.2, 0) is 0 Å². The summed E-state index contributed by atoms with van der Waals surface area (Å²) in [6.07, 6.45) is 4.97. The number of aryl methyl sites for hydroxylation is 2. The van der Waals surface area contributed by atoms with Crippen LogP contribution < -0.4 is 21.7 Å². The van der Waals surface area contributed by atoms with Gasteiger partial charge in [0.2, 0.25) is 11.9 Å². The Morgan fingerprint density at radius 2 is 1.73 bits per heavy atom. The number of carbonyl (C=O) groups is 1. The summed E-state index contributed by atoms with van der Waals surface area (Å²) in [5.41, 5.74) is 16.1. The van der Waals surface area contributed by atoms with Crippen molar-refractivity contribution >= 4 is 29.2 Å². The van der Waals surface area contributed by atoms with E-state index in [2.05, 4.69) is 16.4 Å². The van der Waals surface area contributed by atoms with E-state index in [1.54, 1.807) is 6.07 Å². The number of benzene rings is 2. The lowest BCUT2D eigenvalue weighted by Crippen LogP contribution is -2.58. The summed E-state index contributed by atoms with van der Waals surface area (Å²) in [6, 6.07) is 13.4. The molecule has 0 atom stereocenters. The van der Waals surface area contributed by atoms with Crippen molar-refractivity contribution in [3.8, 4) is 0 Å². The predicted molar refractivity (Wildman–Crippen MR) is 122 cm³/mol. The molecule has 1 spiro atoms. The lowest BCUT2D eigenvalue weighted by molar-refractivity contribution is 0.102. The van der Waals surface area contributed by atoms with Crippen LogP contribution in [0.3, 0.4) is 0 Å². The molecule has 1 aliphatic carbocycles. The molecule has 2 aromatic carbocycles. The molecule has 1 aliphatic heterocycles. The van der Waals surface area contributed by atoms with Crippen LogP contribution in [-0.4, -0.2) is 23.5 Å². The number of nitrogens with one attached hydrogen (secondary N) is 1. The van der Waals surface area contributed by atoms with E-state index in [-0.39, 0.29) is 11.9 Å². The highest BCUT2D eigenvalue weighted by molar-refractivity contribution is 6.08. The average molecular weight is 405 g/mol. The van der Waals surface area contributed by atoms with Gasteiger partial charge in [0.25, 0.3) is 5.91 Å². The number of anilines is 2. The van der Waals surface area contributed by atoms with Crippen molar-refractivity contribution in [1.82, 2.24) is 0 Å². The zero-order valence-corrected chi connectivity index (χ0v) is 17.5. The van der Waals surface area contributed by atoms with Gasteiger partial charge in [-0.05, 0) is 81.0 Å². The van der Waals surface area contributed by atoms with Crippen LogP contribution in [0, 0.1) is 13.8 Å². The third-order valence-electron chi connectivity index (χ3n) is 5.70. The second kappa shape index (κ2) is 7.82. The summed E-state index contributed by atoms with van der Waals surface area (Å²) >= 11 is 0. The van der Waals surface area contributed by atoms with Crippen molar-refractivity contribution in [2.45, 2.75) is 51.6 Å². The summed E-state index contributed by atoms with van der Waals surface area (Å²) in [5.74, 6) is 0.362. The summed E-state index contributed by atoms with van der Waals surface area (Å²) in [6.45, 7) is 4.02. The van der Waals surface area contributed by atoms with Gasteiger partial charge in [-0.25, -0.2) is 4.99 Å². The fraction of sp³-hybridized carbons (Fsp3) is 0.348. The van der Waals surface area contributed by atoms with Crippen LogP contribution in [0.5, 0.6) is 0 Å². The molecule has 1 heterocycles. The molecule has 1 amide bonds. The van der Waals surface area contributed by atoms with Crippen LogP contribution in [0.4, 0.5) is 11.4 Å². The molecule has 30 heavy (non-hydrogen) atoms. The maximum absolute atomic E-state index is 12.9. The number of rotatable bonds is 3. The van der Waals surface area contributed by atoms with E-state index in [1.165, 1.54) is 6.42 Å². The normalized spacial score (nSPS) is 18.0. The highest BCUT2D eigenvalue weighted by Crippen LogP contribution is 2.39. The first kappa shape index (κ1) is 19.9. The molecule has 5 N–H and O–H groups in total. The second-order valence-electron chi connectivity index (χ2n) is 8.20. The van der Waals surface area contributed by atoms with E-state index in [1.807, 2.05) is 49.1 Å². The number of guanidine groups is 2. The third-order valence-corrected chi connectivity index (χ3v) is 5.70. The van der Waals surface area contributed by atoms with E-state index in [4.69, 9.17) is 16.5 Å². The molecule has 0 radical (unpaired) electrons. The Balaban J connectivity index is 1.65. The van der Waals surface area contributed by atoms with Gasteiger partial charge in [-0.3, -0.25) is 9.69 Å². The topological polar surface area (TPSA) is 109 Å². The van der Waals surface area contributed by atoms with Crippen LogP contribution in [0.25, 0.3) is 0 Å². The molecule has 156 valence electrons. The molecule has 0 unspecified atom stereocenters. The molecule has 0 saturated heterocycles. The van der Waals surface area contributed by atoms with Crippen molar-refractivity contribution in [1.29, 1.82) is 0 Å². The van der Waals surface area contributed by atoms with Crippen molar-refractivity contribution in [2.24, 2.45) is 21.5 Å². The molecule has 7 heteroatoms. The summed E-state index contributed by atoms with van der Waals surface area (Å²) in [5, 5.41) is 2.99. The van der Waals surface area contributed by atoms with E-state index < -0.39 is 5.66 Å². The lowest BCUT2D eigenvalue weighted by atomic mass is 9.87. The van der Waals surface area contributed by atoms with Gasteiger partial charge < -0.3 is 16.8 Å². The lowest BCUT2D eigenvalue weighted by Gasteiger charge is -2.45. The summed E-state index contributed by atoms with van der Waals surface area (Å²) < 4.78 is 0. The zero-order chi connectivity index (χ0) is 21.3. The zero-order valence-electron chi connectivity index (χ0n) is 17.5. The van der Waals surface area contributed by atoms with Gasteiger partial charge in [0.1, 0.15) is 5.66 Å². The first-order chi connectivity index (χ1) is 14.4. The minimum absolute atomic E-state index is 0.171. The standard InChI is InChI=1S/C23H28N6O/c1-15-11-16(2)13-18(12-15)26-20(30)17-7-6-8-19(14-17)29-22(25)27-21(24)28-23(29)9-4-3-5-10-23/h6-8,11-14H,3-5,9-10H2,1-2H3,(H,26,30)(H4,24,25,27,28). The molecule has 4 rings (SSSR count). The van der Waals surface area contributed by atoms with Crippen LogP contribution in [0.2, 0.25) is 0 Å². The van der Waals surface area contributed by atoms with E-state index in [9.17, 15) is 4.79 Å². The number of aliphatic imine (C=N–C) groups is 2. The van der Waals surface area contributed by atoms with Gasteiger partial charge in [0, 0.05) is 16.9 Å². The molecule has 2 aliphatic rings. The Morgan fingerprint density at radius 3 is 2.43 bits per heavy atom. The first-order valence-electron chi connectivity index (χ1n) is 10.4. The van der Waals surface area contributed by atoms with E-state index >= 15 is 0 Å². The average Bonchev–Trinajstić information content (AvgIpc) is 2.67. The molecule has 0 aromatic heterocycles. The largest absolute Gasteiger partial charge is 0.369 e. The van der Waals surface area contributed by atoms with Gasteiger partial charge >= 0.3 is 0 Å². The van der Waals surface area contributed by atoms with Gasteiger partial charge in [0.15, 0.2) is 0 Å². The van der Waals surface area contributed by atoms with Crippen molar-refractivity contribution in [3.63, 3.8) is 0 Å². The van der Waals surface area contributed by atoms with Crippen molar-refractivity contribution in [2.75, 3.05) is 10.2 Å². The number of nitrogens with zero attached hydrogens (tertiary/aromatic N) is 3. The maximum Gasteiger partial charge on any atom is 0.255 e. The van der Waals surface area contributed by atoms with Gasteiger partial charge in [-0.1, -0.05) is 18.6 Å². The van der Waals surface area contributed by atoms with Crippen LogP contribution in [0.15, 0.2) is 52.4 Å². The van der Waals surface area contributed by atoms with Gasteiger partial charge in [-0.2, -0.15) is 4.99 Å². The quantitative estimate of drug-likeness (QED) is 0.725. The maximum atomic E-state index is 12.9. The number of nitrogens with two attached hydrogens (primary N) is 2. The van der Waals surface area contributed by atoms with Gasteiger partial charge in [-0.15, -0.1) is 0 Å². The highest BCUT2D eigenvalue weighted by atomic mass is 16.1. The van der Waals surface area contributed by atoms with Crippen LogP contribution >= 0.6 is 0 Å². The summed E-state index contributed by atoms with van der Waals surface area (Å²) in [4.78, 5) is 23.8. The molecule has 1 saturated carbocycles. The number of amides is 1.